The molecule has 5 aromatic rings. The lowest BCUT2D eigenvalue weighted by atomic mass is 9.90. The maximum atomic E-state index is 13.4. The van der Waals surface area contributed by atoms with E-state index < -0.39 is 10.0 Å². The van der Waals surface area contributed by atoms with Crippen LogP contribution < -0.4 is 9.47 Å². The summed E-state index contributed by atoms with van der Waals surface area (Å²) in [5.74, 6) is 1.41. The zero-order valence-corrected chi connectivity index (χ0v) is 21.6. The first-order valence-electron chi connectivity index (χ1n) is 11.6. The van der Waals surface area contributed by atoms with Crippen molar-refractivity contribution < 1.29 is 17.9 Å². The molecule has 2 aromatic heterocycles. The first-order chi connectivity index (χ1) is 17.2. The molecule has 0 N–H and O–H groups in total. The van der Waals surface area contributed by atoms with Gasteiger partial charge in [-0.2, -0.15) is 17.6 Å². The maximum Gasteiger partial charge on any atom is 0.283 e. The fraction of sp³-hybridized carbons (Fsp3) is 0.214. The summed E-state index contributed by atoms with van der Waals surface area (Å²) in [5, 5.41) is 5.86. The van der Waals surface area contributed by atoms with Gasteiger partial charge in [0.25, 0.3) is 10.0 Å². The third-order valence-corrected chi connectivity index (χ3v) is 7.95. The lowest BCUT2D eigenvalue weighted by molar-refractivity contribution is 0.392. The molecule has 0 unspecified atom stereocenters. The molecule has 0 fully saturated rings. The molecule has 2 heterocycles. The number of nitrogens with zero attached hydrogens (tertiary/aromatic N) is 3. The van der Waals surface area contributed by atoms with E-state index in [0.29, 0.717) is 22.3 Å². The Balaban J connectivity index is 1.80. The Kier molecular flexibility index (Phi) is 5.92. The van der Waals surface area contributed by atoms with Crippen LogP contribution in [0.5, 0.6) is 11.6 Å². The predicted octanol–water partition coefficient (Wildman–Crippen LogP) is 5.94. The summed E-state index contributed by atoms with van der Waals surface area (Å²) in [6, 6.07) is 18.3. The Morgan fingerprint density at radius 2 is 1.61 bits per heavy atom. The number of fused-ring (bicyclic) bond motifs is 2. The average Bonchev–Trinajstić information content (AvgIpc) is 3.30. The van der Waals surface area contributed by atoms with Gasteiger partial charge in [0.05, 0.1) is 36.3 Å². The van der Waals surface area contributed by atoms with Crippen molar-refractivity contribution in [2.45, 2.75) is 31.6 Å². The number of rotatable bonds is 6. The summed E-state index contributed by atoms with van der Waals surface area (Å²) in [6.45, 7) is 6.11. The standard InChI is InChI=1S/C28H27N3O4S/c1-17(2)26-27(19-8-10-21(34-4)11-9-19)23-14-20-16-29-31(25(20)15-24(23)30-28(26)35-5)36(32,33)22-12-6-18(3)7-13-22/h6-17H,1-5H3. The second-order valence-electron chi connectivity index (χ2n) is 9.03. The summed E-state index contributed by atoms with van der Waals surface area (Å²) in [5.41, 5.74) is 5.02. The highest BCUT2D eigenvalue weighted by atomic mass is 32.2. The van der Waals surface area contributed by atoms with Crippen LogP contribution in [-0.4, -0.2) is 36.8 Å². The first kappa shape index (κ1) is 23.8. The Morgan fingerprint density at radius 1 is 0.917 bits per heavy atom. The molecule has 0 saturated heterocycles. The van der Waals surface area contributed by atoms with Gasteiger partial charge in [0.1, 0.15) is 5.75 Å². The fourth-order valence-electron chi connectivity index (χ4n) is 4.52. The van der Waals surface area contributed by atoms with Crippen LogP contribution in [0.2, 0.25) is 0 Å². The van der Waals surface area contributed by atoms with Crippen LogP contribution in [-0.2, 0) is 10.0 Å². The van der Waals surface area contributed by atoms with Crippen molar-refractivity contribution in [1.82, 2.24) is 14.2 Å². The summed E-state index contributed by atoms with van der Waals surface area (Å²) < 4.78 is 39.0. The Labute approximate surface area is 210 Å². The molecule has 8 heteroatoms. The molecule has 5 rings (SSSR count). The molecule has 0 spiro atoms. The Morgan fingerprint density at radius 3 is 2.22 bits per heavy atom. The van der Waals surface area contributed by atoms with Crippen molar-refractivity contribution in [3.05, 3.63) is 78.0 Å². The molecule has 0 aliphatic carbocycles. The highest BCUT2D eigenvalue weighted by Gasteiger charge is 2.24. The number of methoxy groups -OCH3 is 2. The molecular weight excluding hydrogens is 474 g/mol. The quantitative estimate of drug-likeness (QED) is 0.286. The van der Waals surface area contributed by atoms with Crippen LogP contribution in [0, 0.1) is 6.92 Å². The van der Waals surface area contributed by atoms with Crippen molar-refractivity contribution in [2.24, 2.45) is 0 Å². The molecule has 0 radical (unpaired) electrons. The van der Waals surface area contributed by atoms with E-state index in [-0.39, 0.29) is 10.8 Å². The topological polar surface area (TPSA) is 83.3 Å². The van der Waals surface area contributed by atoms with Gasteiger partial charge in [-0.3, -0.25) is 0 Å². The molecule has 0 amide bonds. The summed E-state index contributed by atoms with van der Waals surface area (Å²) in [6.07, 6.45) is 1.58. The van der Waals surface area contributed by atoms with Crippen molar-refractivity contribution in [2.75, 3.05) is 14.2 Å². The van der Waals surface area contributed by atoms with E-state index in [2.05, 4.69) is 18.9 Å². The molecule has 0 saturated carbocycles. The fourth-order valence-corrected chi connectivity index (χ4v) is 5.78. The number of ether oxygens (including phenoxy) is 2. The highest BCUT2D eigenvalue weighted by Crippen LogP contribution is 2.42. The Hall–Kier alpha value is -3.91. The van der Waals surface area contributed by atoms with E-state index in [1.165, 1.54) is 0 Å². The number of aromatic nitrogens is 3. The van der Waals surface area contributed by atoms with Crippen molar-refractivity contribution in [3.63, 3.8) is 0 Å². The van der Waals surface area contributed by atoms with Crippen molar-refractivity contribution >= 4 is 31.8 Å². The zero-order valence-electron chi connectivity index (χ0n) is 20.8. The molecular formula is C28H27N3O4S. The van der Waals surface area contributed by atoms with Gasteiger partial charge in [0.15, 0.2) is 0 Å². The molecule has 3 aromatic carbocycles. The van der Waals surface area contributed by atoms with E-state index in [9.17, 15) is 8.42 Å². The monoisotopic (exact) mass is 501 g/mol. The van der Waals surface area contributed by atoms with Crippen LogP contribution in [0.25, 0.3) is 32.9 Å². The Bertz CT molecular complexity index is 1690. The highest BCUT2D eigenvalue weighted by molar-refractivity contribution is 7.90. The minimum absolute atomic E-state index is 0.134. The van der Waals surface area contributed by atoms with Crippen LogP contribution >= 0.6 is 0 Å². The second-order valence-corrected chi connectivity index (χ2v) is 10.8. The summed E-state index contributed by atoms with van der Waals surface area (Å²) >= 11 is 0. The van der Waals surface area contributed by atoms with Gasteiger partial charge in [-0.15, -0.1) is 0 Å². The molecule has 0 atom stereocenters. The number of aryl methyl sites for hydroxylation is 1. The SMILES string of the molecule is COc1ccc(-c2c(C(C)C)c(OC)nc3cc4c(cnn4S(=O)(=O)c4ccc(C)cc4)cc23)cc1. The lowest BCUT2D eigenvalue weighted by Gasteiger charge is -2.19. The maximum absolute atomic E-state index is 13.4. The van der Waals surface area contributed by atoms with Gasteiger partial charge >= 0.3 is 0 Å². The normalized spacial score (nSPS) is 11.9. The van der Waals surface area contributed by atoms with Crippen molar-refractivity contribution in [1.29, 1.82) is 0 Å². The molecule has 0 aliphatic heterocycles. The van der Waals surface area contributed by atoms with Gasteiger partial charge in [-0.1, -0.05) is 43.7 Å². The molecule has 7 nitrogen and oxygen atoms in total. The average molecular weight is 502 g/mol. The lowest BCUT2D eigenvalue weighted by Crippen LogP contribution is -2.14. The predicted molar refractivity (Wildman–Crippen MR) is 141 cm³/mol. The van der Waals surface area contributed by atoms with Crippen molar-refractivity contribution in [3.8, 4) is 22.8 Å². The smallest absolute Gasteiger partial charge is 0.283 e. The van der Waals surface area contributed by atoms with Crippen LogP contribution in [0.1, 0.15) is 30.9 Å². The van der Waals surface area contributed by atoms with Crippen LogP contribution in [0.4, 0.5) is 0 Å². The number of hydrogen-bond acceptors (Lipinski definition) is 6. The van der Waals surface area contributed by atoms with Gasteiger partial charge in [-0.05, 0) is 60.4 Å². The zero-order chi connectivity index (χ0) is 25.6. The van der Waals surface area contributed by atoms with E-state index in [4.69, 9.17) is 14.5 Å². The molecule has 0 bridgehead atoms. The molecule has 184 valence electrons. The number of pyridine rings is 1. The summed E-state index contributed by atoms with van der Waals surface area (Å²) in [4.78, 5) is 4.97. The molecule has 36 heavy (non-hydrogen) atoms. The number of benzene rings is 3. The summed E-state index contributed by atoms with van der Waals surface area (Å²) in [7, 11) is -0.645. The third kappa shape index (κ3) is 3.87. The van der Waals surface area contributed by atoms with Gasteiger partial charge < -0.3 is 9.47 Å². The van der Waals surface area contributed by atoms with Crippen LogP contribution in [0.15, 0.2) is 71.8 Å². The van der Waals surface area contributed by atoms with E-state index in [1.54, 1.807) is 50.7 Å². The van der Waals surface area contributed by atoms with Gasteiger partial charge in [-0.25, -0.2) is 4.98 Å². The van der Waals surface area contributed by atoms with E-state index >= 15 is 0 Å². The minimum Gasteiger partial charge on any atom is -0.497 e. The minimum atomic E-state index is -3.88. The third-order valence-electron chi connectivity index (χ3n) is 6.34. The van der Waals surface area contributed by atoms with Gasteiger partial charge in [0.2, 0.25) is 5.88 Å². The number of hydrogen-bond donors (Lipinski definition) is 0. The van der Waals surface area contributed by atoms with Crippen LogP contribution in [0.3, 0.4) is 0 Å². The van der Waals surface area contributed by atoms with Gasteiger partial charge in [0, 0.05) is 16.3 Å². The second kappa shape index (κ2) is 8.95. The molecule has 0 aliphatic rings. The van der Waals surface area contributed by atoms with E-state index in [1.807, 2.05) is 37.3 Å². The largest absolute Gasteiger partial charge is 0.497 e. The first-order valence-corrected chi connectivity index (χ1v) is 13.0. The van der Waals surface area contributed by atoms with E-state index in [0.717, 1.165) is 37.5 Å².